The predicted octanol–water partition coefficient (Wildman–Crippen LogP) is 2.04. The number of hydrogen-bond donors (Lipinski definition) is 2. The standard InChI is InChI=1S/C12H21N3Si/c1-4-7-16(8-5-2,9-6-3)15-12-10-13-11-14-12/h4-6,13H,1-3,7-11H2,(H,14,15). The highest BCUT2D eigenvalue weighted by atomic mass is 28.3. The Bertz CT molecular complexity index is 262. The maximum atomic E-state index is 4.94. The van der Waals surface area contributed by atoms with Crippen molar-refractivity contribution in [1.29, 1.82) is 0 Å². The molecule has 0 aliphatic carbocycles. The van der Waals surface area contributed by atoms with Crippen molar-refractivity contribution < 1.29 is 0 Å². The summed E-state index contributed by atoms with van der Waals surface area (Å²) in [5.41, 5.74) is 0. The van der Waals surface area contributed by atoms with Gasteiger partial charge < -0.3 is 9.97 Å². The predicted molar refractivity (Wildman–Crippen MR) is 74.2 cm³/mol. The van der Waals surface area contributed by atoms with Crippen LogP contribution in [0.15, 0.2) is 42.6 Å². The van der Waals surface area contributed by atoms with Crippen LogP contribution in [-0.2, 0) is 0 Å². The normalized spacial score (nSPS) is 18.1. The van der Waals surface area contributed by atoms with Crippen LogP contribution in [0.5, 0.6) is 0 Å². The van der Waals surface area contributed by atoms with Crippen LogP contribution in [0.4, 0.5) is 0 Å². The van der Waals surface area contributed by atoms with Crippen molar-refractivity contribution >= 4 is 14.1 Å². The molecule has 1 aliphatic heterocycles. The third-order valence-electron chi connectivity index (χ3n) is 2.65. The second-order valence-corrected chi connectivity index (χ2v) is 7.94. The number of hydrogen-bond acceptors (Lipinski definition) is 2. The van der Waals surface area contributed by atoms with E-state index in [9.17, 15) is 0 Å². The van der Waals surface area contributed by atoms with Crippen LogP contribution in [0.25, 0.3) is 0 Å². The average Bonchev–Trinajstić information content (AvgIpc) is 2.71. The Morgan fingerprint density at radius 1 is 1.12 bits per heavy atom. The van der Waals surface area contributed by atoms with E-state index in [4.69, 9.17) is 4.66 Å². The zero-order valence-electron chi connectivity index (χ0n) is 9.84. The van der Waals surface area contributed by atoms with E-state index < -0.39 is 8.24 Å². The van der Waals surface area contributed by atoms with Crippen molar-refractivity contribution in [3.05, 3.63) is 38.0 Å². The average molecular weight is 235 g/mol. The molecule has 1 rings (SSSR count). The molecule has 0 atom stereocenters. The van der Waals surface area contributed by atoms with E-state index >= 15 is 0 Å². The molecule has 88 valence electrons. The van der Waals surface area contributed by atoms with E-state index in [1.54, 1.807) is 0 Å². The van der Waals surface area contributed by atoms with Crippen LogP contribution < -0.4 is 10.6 Å². The summed E-state index contributed by atoms with van der Waals surface area (Å²) in [5.74, 6) is 1.08. The lowest BCUT2D eigenvalue weighted by Gasteiger charge is -2.24. The molecule has 0 aromatic rings. The Morgan fingerprint density at radius 2 is 1.69 bits per heavy atom. The highest BCUT2D eigenvalue weighted by Gasteiger charge is 2.30. The largest absolute Gasteiger partial charge is 0.361 e. The molecule has 1 saturated heterocycles. The van der Waals surface area contributed by atoms with E-state index in [2.05, 4.69) is 30.4 Å². The molecule has 0 unspecified atom stereocenters. The van der Waals surface area contributed by atoms with Gasteiger partial charge in [-0.25, -0.2) is 0 Å². The zero-order chi connectivity index (χ0) is 11.9. The molecule has 0 aromatic carbocycles. The van der Waals surface area contributed by atoms with Crippen molar-refractivity contribution in [3.8, 4) is 0 Å². The summed E-state index contributed by atoms with van der Waals surface area (Å²) in [5, 5.41) is 6.48. The SMILES string of the molecule is C=CC[Si](CC=C)(CC=C)/N=C1/CNCN1. The van der Waals surface area contributed by atoms with Gasteiger partial charge in [-0.15, -0.1) is 19.7 Å². The lowest BCUT2D eigenvalue weighted by molar-refractivity contribution is 0.818. The number of nitrogens with zero attached hydrogens (tertiary/aromatic N) is 1. The first-order valence-corrected chi connectivity index (χ1v) is 8.19. The van der Waals surface area contributed by atoms with Gasteiger partial charge >= 0.3 is 0 Å². The zero-order valence-corrected chi connectivity index (χ0v) is 10.8. The second-order valence-electron chi connectivity index (χ2n) is 4.04. The number of rotatable bonds is 7. The molecule has 3 nitrogen and oxygen atoms in total. The molecule has 4 heteroatoms. The molecule has 0 radical (unpaired) electrons. The fraction of sp³-hybridized carbons (Fsp3) is 0.417. The number of allylic oxidation sites excluding steroid dienone is 3. The third kappa shape index (κ3) is 3.47. The second kappa shape index (κ2) is 6.45. The number of nitrogens with one attached hydrogen (secondary N) is 2. The van der Waals surface area contributed by atoms with E-state index in [1.807, 2.05) is 18.2 Å². The molecule has 1 fully saturated rings. The monoisotopic (exact) mass is 235 g/mol. The van der Waals surface area contributed by atoms with E-state index in [1.165, 1.54) is 0 Å². The van der Waals surface area contributed by atoms with Crippen LogP contribution >= 0.6 is 0 Å². The minimum Gasteiger partial charge on any atom is -0.361 e. The first-order chi connectivity index (χ1) is 7.76. The van der Waals surface area contributed by atoms with Crippen molar-refractivity contribution in [1.82, 2.24) is 10.6 Å². The van der Waals surface area contributed by atoms with Gasteiger partial charge in [0.2, 0.25) is 0 Å². The summed E-state index contributed by atoms with van der Waals surface area (Å²) < 4.78 is 4.94. The minimum atomic E-state index is -1.73. The molecule has 0 aromatic heterocycles. The van der Waals surface area contributed by atoms with Gasteiger partial charge in [0.1, 0.15) is 5.84 Å². The Balaban J connectivity index is 2.88. The summed E-state index contributed by atoms with van der Waals surface area (Å²) in [6, 6.07) is 2.95. The molecule has 0 saturated carbocycles. The van der Waals surface area contributed by atoms with E-state index in [0.29, 0.717) is 0 Å². The van der Waals surface area contributed by atoms with Crippen LogP contribution in [-0.4, -0.2) is 27.3 Å². The van der Waals surface area contributed by atoms with E-state index in [0.717, 1.165) is 37.2 Å². The maximum absolute atomic E-state index is 4.94. The summed E-state index contributed by atoms with van der Waals surface area (Å²) in [6.45, 7) is 13.2. The van der Waals surface area contributed by atoms with Crippen LogP contribution in [0, 0.1) is 0 Å². The summed E-state index contributed by atoms with van der Waals surface area (Å²) in [4.78, 5) is 0. The van der Waals surface area contributed by atoms with Crippen LogP contribution in [0.2, 0.25) is 18.1 Å². The van der Waals surface area contributed by atoms with Gasteiger partial charge in [0.05, 0.1) is 13.2 Å². The molecular weight excluding hydrogens is 214 g/mol. The van der Waals surface area contributed by atoms with Crippen LogP contribution in [0.3, 0.4) is 0 Å². The highest BCUT2D eigenvalue weighted by Crippen LogP contribution is 2.24. The lowest BCUT2D eigenvalue weighted by Crippen LogP contribution is -2.34. The fourth-order valence-corrected chi connectivity index (χ4v) is 5.08. The van der Waals surface area contributed by atoms with Gasteiger partial charge in [0, 0.05) is 0 Å². The molecule has 0 amide bonds. The van der Waals surface area contributed by atoms with Gasteiger partial charge in [0.15, 0.2) is 8.24 Å². The van der Waals surface area contributed by atoms with Gasteiger partial charge in [0.25, 0.3) is 0 Å². The van der Waals surface area contributed by atoms with Crippen molar-refractivity contribution in [3.63, 3.8) is 0 Å². The first-order valence-electron chi connectivity index (χ1n) is 5.62. The van der Waals surface area contributed by atoms with Gasteiger partial charge in [-0.1, -0.05) is 18.2 Å². The van der Waals surface area contributed by atoms with Crippen molar-refractivity contribution in [2.75, 3.05) is 13.2 Å². The molecule has 2 N–H and O–H groups in total. The Morgan fingerprint density at radius 3 is 2.06 bits per heavy atom. The Hall–Kier alpha value is -1.13. The summed E-state index contributed by atoms with van der Waals surface area (Å²) in [7, 11) is -1.73. The fourth-order valence-electron chi connectivity index (χ4n) is 1.97. The Labute approximate surface area is 99.1 Å². The van der Waals surface area contributed by atoms with Crippen molar-refractivity contribution in [2.45, 2.75) is 18.1 Å². The Kier molecular flexibility index (Phi) is 5.21. The van der Waals surface area contributed by atoms with Gasteiger partial charge in [-0.3, -0.25) is 5.32 Å². The molecule has 0 bridgehead atoms. The van der Waals surface area contributed by atoms with E-state index in [-0.39, 0.29) is 0 Å². The molecule has 1 heterocycles. The van der Waals surface area contributed by atoms with Crippen LogP contribution in [0.1, 0.15) is 0 Å². The smallest absolute Gasteiger partial charge is 0.194 e. The topological polar surface area (TPSA) is 36.4 Å². The number of amidine groups is 1. The summed E-state index contributed by atoms with van der Waals surface area (Å²) in [6.07, 6.45) is 5.93. The lowest BCUT2D eigenvalue weighted by atomic mass is 10.6. The highest BCUT2D eigenvalue weighted by molar-refractivity contribution is 6.80. The maximum Gasteiger partial charge on any atom is 0.194 e. The first kappa shape index (κ1) is 12.9. The molecule has 0 spiro atoms. The van der Waals surface area contributed by atoms with Crippen molar-refractivity contribution in [2.24, 2.45) is 4.66 Å². The quantitative estimate of drug-likeness (QED) is 0.523. The third-order valence-corrected chi connectivity index (χ3v) is 6.54. The molecule has 16 heavy (non-hydrogen) atoms. The minimum absolute atomic E-state index is 0.819. The summed E-state index contributed by atoms with van der Waals surface area (Å²) >= 11 is 0. The molecule has 1 aliphatic rings. The van der Waals surface area contributed by atoms with Gasteiger partial charge in [-0.05, 0) is 18.1 Å². The van der Waals surface area contributed by atoms with Gasteiger partial charge in [-0.2, -0.15) is 0 Å². The molecular formula is C12H21N3Si.